The van der Waals surface area contributed by atoms with E-state index in [4.69, 9.17) is 0 Å². The van der Waals surface area contributed by atoms with E-state index in [1.165, 1.54) is 22.5 Å². The van der Waals surface area contributed by atoms with Gasteiger partial charge in [-0.15, -0.1) is 0 Å². The average Bonchev–Trinajstić information content (AvgIpc) is 2.73. The molecule has 1 fully saturated rings. The molecule has 4 heteroatoms. The molecule has 0 amide bonds. The molecule has 1 heterocycles. The van der Waals surface area contributed by atoms with Gasteiger partial charge in [0, 0.05) is 63.5 Å². The third kappa shape index (κ3) is 4.21. The quantitative estimate of drug-likeness (QED) is 0.704. The Hall–Kier alpha value is -2.04. The first-order chi connectivity index (χ1) is 14.2. The number of nitrogens with one attached hydrogen (secondary N) is 1. The SMILES string of the molecule is CCCC1(O)[C@@H](C)[C@@H](c2ccc(N(C)C)cc2)N[C@@H](c2ccc(N(C)C)cc2)[C@@H]1C. The summed E-state index contributed by atoms with van der Waals surface area (Å²) in [6.07, 6.45) is 1.79. The van der Waals surface area contributed by atoms with Crippen molar-refractivity contribution in [3.8, 4) is 0 Å². The molecule has 0 radical (unpaired) electrons. The van der Waals surface area contributed by atoms with Gasteiger partial charge in [-0.25, -0.2) is 0 Å². The molecule has 2 aromatic rings. The van der Waals surface area contributed by atoms with Crippen LogP contribution in [0.25, 0.3) is 0 Å². The van der Waals surface area contributed by atoms with Crippen molar-refractivity contribution in [3.05, 3.63) is 59.7 Å². The zero-order valence-electron chi connectivity index (χ0n) is 19.7. The maximum Gasteiger partial charge on any atom is 0.0734 e. The van der Waals surface area contributed by atoms with Gasteiger partial charge in [0.25, 0.3) is 0 Å². The number of anilines is 2. The number of nitrogens with zero attached hydrogens (tertiary/aromatic N) is 2. The van der Waals surface area contributed by atoms with Crippen molar-refractivity contribution < 1.29 is 5.11 Å². The predicted octanol–water partition coefficient (Wildman–Crippen LogP) is 5.01. The van der Waals surface area contributed by atoms with Gasteiger partial charge in [0.2, 0.25) is 0 Å². The molecule has 5 atom stereocenters. The number of aliphatic hydroxyl groups is 1. The van der Waals surface area contributed by atoms with Gasteiger partial charge in [-0.2, -0.15) is 0 Å². The summed E-state index contributed by atoms with van der Waals surface area (Å²) in [7, 11) is 8.24. The molecule has 30 heavy (non-hydrogen) atoms. The normalized spacial score (nSPS) is 28.9. The lowest BCUT2D eigenvalue weighted by molar-refractivity contribution is -0.116. The Kier molecular flexibility index (Phi) is 6.78. The first kappa shape index (κ1) is 22.6. The van der Waals surface area contributed by atoms with Crippen LogP contribution < -0.4 is 15.1 Å². The second-order valence-corrected chi connectivity index (χ2v) is 9.41. The predicted molar refractivity (Wildman–Crippen MR) is 128 cm³/mol. The van der Waals surface area contributed by atoms with Crippen molar-refractivity contribution >= 4 is 11.4 Å². The average molecular weight is 410 g/mol. The van der Waals surface area contributed by atoms with E-state index in [1.807, 2.05) is 0 Å². The lowest BCUT2D eigenvalue weighted by atomic mass is 9.64. The molecule has 1 unspecified atom stereocenters. The van der Waals surface area contributed by atoms with Crippen molar-refractivity contribution in [3.63, 3.8) is 0 Å². The van der Waals surface area contributed by atoms with Gasteiger partial charge in [0.05, 0.1) is 5.60 Å². The minimum Gasteiger partial charge on any atom is -0.389 e. The lowest BCUT2D eigenvalue weighted by Gasteiger charge is -2.52. The summed E-state index contributed by atoms with van der Waals surface area (Å²) in [5.41, 5.74) is 4.15. The van der Waals surface area contributed by atoms with Crippen LogP contribution in [0.15, 0.2) is 48.5 Å². The topological polar surface area (TPSA) is 38.7 Å². The van der Waals surface area contributed by atoms with E-state index in [2.05, 4.69) is 113 Å². The summed E-state index contributed by atoms with van der Waals surface area (Å²) in [5, 5.41) is 15.8. The Labute approximate surface area is 182 Å². The molecule has 0 aromatic heterocycles. The molecular formula is C26H39N3O. The minimum atomic E-state index is -0.713. The summed E-state index contributed by atoms with van der Waals surface area (Å²) >= 11 is 0. The highest BCUT2D eigenvalue weighted by molar-refractivity contribution is 5.48. The highest BCUT2D eigenvalue weighted by Gasteiger charge is 2.50. The van der Waals surface area contributed by atoms with Crippen LogP contribution in [0.5, 0.6) is 0 Å². The monoisotopic (exact) mass is 409 g/mol. The molecule has 2 N–H and O–H groups in total. The molecule has 0 spiro atoms. The van der Waals surface area contributed by atoms with Gasteiger partial charge in [-0.05, 0) is 41.8 Å². The van der Waals surface area contributed by atoms with Gasteiger partial charge in [-0.3, -0.25) is 0 Å². The smallest absolute Gasteiger partial charge is 0.0734 e. The third-order valence-corrected chi connectivity index (χ3v) is 7.12. The van der Waals surface area contributed by atoms with E-state index in [9.17, 15) is 5.11 Å². The zero-order chi connectivity index (χ0) is 22.1. The van der Waals surface area contributed by atoms with Crippen LogP contribution in [-0.4, -0.2) is 38.9 Å². The molecule has 4 nitrogen and oxygen atoms in total. The Balaban J connectivity index is 1.98. The van der Waals surface area contributed by atoms with Crippen molar-refractivity contribution in [2.75, 3.05) is 38.0 Å². The number of hydrogen-bond acceptors (Lipinski definition) is 4. The molecule has 2 aromatic carbocycles. The summed E-state index contributed by atoms with van der Waals surface area (Å²) in [4.78, 5) is 4.23. The van der Waals surface area contributed by atoms with Crippen molar-refractivity contribution in [1.82, 2.24) is 5.32 Å². The third-order valence-electron chi connectivity index (χ3n) is 7.12. The van der Waals surface area contributed by atoms with Crippen LogP contribution in [-0.2, 0) is 0 Å². The van der Waals surface area contributed by atoms with Gasteiger partial charge < -0.3 is 20.2 Å². The highest BCUT2D eigenvalue weighted by Crippen LogP contribution is 2.49. The maximum atomic E-state index is 11.9. The Morgan fingerprint density at radius 2 is 1.13 bits per heavy atom. The van der Waals surface area contributed by atoms with E-state index in [0.717, 1.165) is 12.8 Å². The second kappa shape index (κ2) is 8.99. The van der Waals surface area contributed by atoms with Crippen LogP contribution in [0, 0.1) is 11.8 Å². The number of piperidine rings is 1. The van der Waals surface area contributed by atoms with Crippen LogP contribution >= 0.6 is 0 Å². The zero-order valence-corrected chi connectivity index (χ0v) is 19.7. The fraction of sp³-hybridized carbons (Fsp3) is 0.538. The van der Waals surface area contributed by atoms with Gasteiger partial charge in [-0.1, -0.05) is 51.5 Å². The van der Waals surface area contributed by atoms with E-state index in [1.54, 1.807) is 0 Å². The van der Waals surface area contributed by atoms with Gasteiger partial charge in [0.15, 0.2) is 0 Å². The van der Waals surface area contributed by atoms with E-state index < -0.39 is 5.60 Å². The molecule has 0 bridgehead atoms. The van der Waals surface area contributed by atoms with E-state index in [-0.39, 0.29) is 23.9 Å². The Bertz CT molecular complexity index is 750. The summed E-state index contributed by atoms with van der Waals surface area (Å²) in [6.45, 7) is 6.57. The molecule has 164 valence electrons. The molecule has 0 aliphatic carbocycles. The minimum absolute atomic E-state index is 0.104. The second-order valence-electron chi connectivity index (χ2n) is 9.41. The van der Waals surface area contributed by atoms with Crippen molar-refractivity contribution in [2.45, 2.75) is 51.3 Å². The van der Waals surface area contributed by atoms with Crippen LogP contribution in [0.3, 0.4) is 0 Å². The molecular weight excluding hydrogens is 370 g/mol. The molecule has 1 aliphatic rings. The van der Waals surface area contributed by atoms with Crippen LogP contribution in [0.1, 0.15) is 56.8 Å². The van der Waals surface area contributed by atoms with Crippen LogP contribution in [0.4, 0.5) is 11.4 Å². The first-order valence-electron chi connectivity index (χ1n) is 11.2. The number of rotatable bonds is 6. The summed E-state index contributed by atoms with van der Waals surface area (Å²) in [6, 6.07) is 17.7. The van der Waals surface area contributed by atoms with E-state index in [0.29, 0.717) is 0 Å². The van der Waals surface area contributed by atoms with Crippen molar-refractivity contribution in [2.24, 2.45) is 11.8 Å². The molecule has 3 rings (SSSR count). The maximum absolute atomic E-state index is 11.9. The van der Waals surface area contributed by atoms with Gasteiger partial charge >= 0.3 is 0 Å². The first-order valence-corrected chi connectivity index (χ1v) is 11.2. The largest absolute Gasteiger partial charge is 0.389 e. The lowest BCUT2D eigenvalue weighted by Crippen LogP contribution is -2.57. The fourth-order valence-electron chi connectivity index (χ4n) is 5.06. The fourth-order valence-corrected chi connectivity index (χ4v) is 5.06. The van der Waals surface area contributed by atoms with E-state index >= 15 is 0 Å². The molecule has 1 aliphatic heterocycles. The summed E-state index contributed by atoms with van der Waals surface area (Å²) in [5.74, 6) is 0.241. The molecule has 0 saturated carbocycles. The van der Waals surface area contributed by atoms with Crippen molar-refractivity contribution in [1.29, 1.82) is 0 Å². The Morgan fingerprint density at radius 3 is 1.43 bits per heavy atom. The number of benzene rings is 2. The van der Waals surface area contributed by atoms with Crippen LogP contribution in [0.2, 0.25) is 0 Å². The summed E-state index contributed by atoms with van der Waals surface area (Å²) < 4.78 is 0. The molecule has 1 saturated heterocycles. The number of hydrogen-bond donors (Lipinski definition) is 2. The van der Waals surface area contributed by atoms with Gasteiger partial charge in [0.1, 0.15) is 0 Å². The Morgan fingerprint density at radius 1 is 0.767 bits per heavy atom. The highest BCUT2D eigenvalue weighted by atomic mass is 16.3. The standard InChI is InChI=1S/C26H39N3O/c1-8-17-26(30)18(2)24(20-9-13-22(14-10-20)28(4)5)27-25(19(26)3)21-11-15-23(16-12-21)29(6)7/h9-16,18-19,24-25,27,30H,8,17H2,1-7H3/t18-,19-,24-,25+,26?/m0/s1.